The number of hydrogen-bond donors (Lipinski definition) is 6. The van der Waals surface area contributed by atoms with Crippen molar-refractivity contribution in [2.75, 3.05) is 220 Å². The Hall–Kier alpha value is -7.54. The Labute approximate surface area is 701 Å². The number of fused-ring (bicyclic) bond motifs is 3. The molecule has 3 heterocycles. The minimum absolute atomic E-state index is 0.0485. The molecule has 3 atom stereocenters. The Kier molecular flexibility index (Phi) is 37.1. The van der Waals surface area contributed by atoms with Crippen LogP contribution >= 0.6 is 0 Å². The molecule has 0 aromatic heterocycles. The highest BCUT2D eigenvalue weighted by Crippen LogP contribution is 2.39. The molecule has 6 N–H and O–H groups in total. The van der Waals surface area contributed by atoms with Crippen LogP contribution in [0.3, 0.4) is 0 Å². The Morgan fingerprint density at radius 2 is 0.610 bits per heavy atom. The average molecular weight is 1690 g/mol. The second-order valence-electron chi connectivity index (χ2n) is 31.6. The van der Waals surface area contributed by atoms with Crippen molar-refractivity contribution in [2.24, 2.45) is 0 Å². The van der Waals surface area contributed by atoms with Crippen LogP contribution in [0.2, 0.25) is 0 Å². The highest BCUT2D eigenvalue weighted by atomic mass is 32.2. The molecule has 3 aliphatic rings. The molecule has 0 aliphatic carbocycles. The van der Waals surface area contributed by atoms with Crippen LogP contribution in [0.15, 0.2) is 124 Å². The van der Waals surface area contributed by atoms with Crippen molar-refractivity contribution in [1.29, 1.82) is 0 Å². The quantitative estimate of drug-likeness (QED) is 0.0197. The predicted molar refractivity (Wildman–Crippen MR) is 460 cm³/mol. The lowest BCUT2D eigenvalue weighted by molar-refractivity contribution is 0.0513. The van der Waals surface area contributed by atoms with Crippen LogP contribution in [0, 0.1) is 41.5 Å². The molecule has 6 aromatic rings. The number of urea groups is 3. The van der Waals surface area contributed by atoms with Gasteiger partial charge in [-0.15, -0.1) is 0 Å². The number of amides is 6. The van der Waals surface area contributed by atoms with E-state index < -0.39 is 30.1 Å². The molecule has 6 amide bonds. The van der Waals surface area contributed by atoms with Gasteiger partial charge in [0.15, 0.2) is 0 Å². The van der Waals surface area contributed by atoms with E-state index in [1.165, 1.54) is 66.8 Å². The smallest absolute Gasteiger partial charge is 0.317 e. The summed E-state index contributed by atoms with van der Waals surface area (Å²) in [6.45, 7) is 24.7. The van der Waals surface area contributed by atoms with Crippen LogP contribution in [0.5, 0.6) is 0 Å². The minimum atomic E-state index is -3.80. The van der Waals surface area contributed by atoms with Crippen LogP contribution in [-0.2, 0) is 78.1 Å². The zero-order chi connectivity index (χ0) is 84.9. The van der Waals surface area contributed by atoms with E-state index in [1.807, 2.05) is 18.2 Å². The summed E-state index contributed by atoms with van der Waals surface area (Å²) in [5.41, 5.74) is 17.8. The number of carbonyl (C=O) groups is 3. The van der Waals surface area contributed by atoms with Gasteiger partial charge >= 0.3 is 18.1 Å². The van der Waals surface area contributed by atoms with E-state index in [1.54, 1.807) is 90.4 Å². The molecule has 0 saturated carbocycles. The van der Waals surface area contributed by atoms with Gasteiger partial charge in [-0.1, -0.05) is 89.5 Å². The van der Waals surface area contributed by atoms with Gasteiger partial charge in [0.25, 0.3) is 0 Å². The number of benzene rings is 6. The van der Waals surface area contributed by atoms with Crippen LogP contribution in [0.4, 0.5) is 14.4 Å². The molecule has 3 aliphatic heterocycles. The second-order valence-corrected chi connectivity index (χ2v) is 36.9. The molecular weight excluding hydrogens is 1560 g/mol. The molecule has 0 bridgehead atoms. The number of likely N-dealkylation sites (N-methyl/N-ethyl adjacent to an activating group) is 3. The molecule has 0 radical (unpaired) electrons. The highest BCUT2D eigenvalue weighted by Gasteiger charge is 2.32. The van der Waals surface area contributed by atoms with Crippen LogP contribution in [-0.4, -0.2) is 297 Å². The van der Waals surface area contributed by atoms with Crippen LogP contribution < -0.4 is 30.1 Å². The third-order valence-electron chi connectivity index (χ3n) is 21.8. The van der Waals surface area contributed by atoms with Crippen LogP contribution in [0.25, 0.3) is 0 Å². The van der Waals surface area contributed by atoms with E-state index in [0.717, 1.165) is 56.0 Å². The van der Waals surface area contributed by atoms with E-state index in [2.05, 4.69) is 149 Å². The van der Waals surface area contributed by atoms with Gasteiger partial charge in [-0.3, -0.25) is 0 Å². The lowest BCUT2D eigenvalue weighted by Crippen LogP contribution is -2.42. The van der Waals surface area contributed by atoms with Gasteiger partial charge in [-0.2, -0.15) is 0 Å². The fraction of sp³-hybridized carbons (Fsp3) is 0.552. The fourth-order valence-electron chi connectivity index (χ4n) is 15.7. The van der Waals surface area contributed by atoms with Crippen molar-refractivity contribution in [3.05, 3.63) is 193 Å². The molecule has 0 spiro atoms. The zero-order valence-corrected chi connectivity index (χ0v) is 73.9. The Bertz CT molecular complexity index is 4170. The zero-order valence-electron chi connectivity index (χ0n) is 71.4. The first-order valence-corrected chi connectivity index (χ1v) is 45.7. The lowest BCUT2D eigenvalue weighted by atomic mass is 9.82. The summed E-state index contributed by atoms with van der Waals surface area (Å²) in [6, 6.07) is 34.1. The Morgan fingerprint density at radius 1 is 0.356 bits per heavy atom. The van der Waals surface area contributed by atoms with Crippen molar-refractivity contribution in [2.45, 2.75) is 113 Å². The highest BCUT2D eigenvalue weighted by molar-refractivity contribution is 7.90. The molecule has 28 nitrogen and oxygen atoms in total. The first-order valence-electron chi connectivity index (χ1n) is 41.3. The van der Waals surface area contributed by atoms with E-state index >= 15 is 0 Å². The maximum atomic E-state index is 13.4. The van der Waals surface area contributed by atoms with Crippen molar-refractivity contribution < 1.29 is 68.1 Å². The summed E-state index contributed by atoms with van der Waals surface area (Å²) >= 11 is 0. The number of sulfonamides is 3. The molecule has 0 unspecified atom stereocenters. The molecule has 9 rings (SSSR count). The van der Waals surface area contributed by atoms with E-state index in [-0.39, 0.29) is 169 Å². The molecule has 650 valence electrons. The van der Waals surface area contributed by atoms with Gasteiger partial charge < -0.3 is 78.7 Å². The van der Waals surface area contributed by atoms with Gasteiger partial charge in [-0.25, -0.2) is 53.8 Å². The third kappa shape index (κ3) is 28.8. The van der Waals surface area contributed by atoms with Crippen molar-refractivity contribution in [3.63, 3.8) is 0 Å². The molecule has 118 heavy (non-hydrogen) atoms. The summed E-state index contributed by atoms with van der Waals surface area (Å²) in [5.74, 6) is 0.146. The number of nitrogens with one attached hydrogen (secondary N) is 6. The van der Waals surface area contributed by atoms with Gasteiger partial charge in [0.1, 0.15) is 0 Å². The monoisotopic (exact) mass is 1690 g/mol. The average Bonchev–Trinajstić information content (AvgIpc) is 0.781. The summed E-state index contributed by atoms with van der Waals surface area (Å²) < 4.78 is 123. The number of carbonyl (C=O) groups excluding carboxylic acids is 3. The number of aryl methyl sites for hydroxylation is 6. The maximum absolute atomic E-state index is 13.4. The van der Waals surface area contributed by atoms with E-state index in [4.69, 9.17) is 28.4 Å². The topological polar surface area (TPSA) is 304 Å². The Balaban J connectivity index is 0.637. The molecular formula is C87H129N13O15S3. The molecule has 6 aromatic carbocycles. The first kappa shape index (κ1) is 94.3. The normalized spacial score (nSPS) is 16.0. The van der Waals surface area contributed by atoms with E-state index in [9.17, 15) is 39.6 Å². The third-order valence-corrected chi connectivity index (χ3v) is 26.2. The summed E-state index contributed by atoms with van der Waals surface area (Å²) in [6.07, 6.45) is 1.96. The van der Waals surface area contributed by atoms with Gasteiger partial charge in [-0.05, 0) is 205 Å². The standard InChI is InChI=1S/C87H129N13O15S3/c1-64-49-67(4)79-58-94(7)61-82(76(79)52-64)70-19-13-22-73(55-70)116(104,105)91-28-40-113-46-43-110-37-25-88-85(101)97(10)31-16-34-100(35-17-32-98(11)86(102)89-26-38-111-44-47-114-41-29-92-117(106,107)74-23-14-20-71(56-74)83-62-95(8)59-80-68(5)50-65(2)53-77(80)83)36-18-33-99(12)87(103)90-27-39-112-45-48-115-42-30-93-118(108,109)75-24-15-21-72(57-75)84-63-96(9)60-81-69(6)51-66(3)54-78(81)84/h13-15,19-24,49-57,82-84,91-93H,16-18,25-48,58-63H2,1-12H3,(H,88,101)(H,89,102)(H,90,103)/t82-,83-,84-/m0/s1. The molecule has 0 saturated heterocycles. The largest absolute Gasteiger partial charge is 0.378 e. The Morgan fingerprint density at radius 3 is 0.873 bits per heavy atom. The number of rotatable bonds is 48. The van der Waals surface area contributed by atoms with Gasteiger partial charge in [0.05, 0.1) is 94.0 Å². The number of hydrogen-bond acceptors (Lipinski definition) is 19. The summed E-state index contributed by atoms with van der Waals surface area (Å²) in [5, 5.41) is 8.70. The summed E-state index contributed by atoms with van der Waals surface area (Å²) in [4.78, 5) is 54.1. The summed E-state index contributed by atoms with van der Waals surface area (Å²) in [7, 11) is 0.0817. The lowest BCUT2D eigenvalue weighted by Gasteiger charge is -2.34. The van der Waals surface area contributed by atoms with Crippen LogP contribution in [0.1, 0.15) is 120 Å². The minimum Gasteiger partial charge on any atom is -0.378 e. The SMILES string of the molecule is Cc1cc(C)c2c(c1)[C@H](c1cccc(S(=O)(=O)NCCOCCOCCNC(=O)N(C)CCCN(CCCN(C)C(=O)NCCOCCOCCNS(=O)(=O)c3cccc([C@@H]4CN(C)Cc5c(C)cc(C)cc54)c3)CCCN(C)C(=O)NCCOCCOCCNS(=O)(=O)c3cccc([C@@H]4CN(C)Cc5c(C)cc(C)cc54)c3)c1)CN(C)C2. The number of ether oxygens (including phenoxy) is 6. The molecule has 0 fully saturated rings. The first-order chi connectivity index (χ1) is 56.5. The fourth-order valence-corrected chi connectivity index (χ4v) is 18.9. The maximum Gasteiger partial charge on any atom is 0.317 e. The van der Waals surface area contributed by atoms with Crippen molar-refractivity contribution >= 4 is 48.2 Å². The van der Waals surface area contributed by atoms with Gasteiger partial charge in [0, 0.05) is 137 Å². The predicted octanol–water partition coefficient (Wildman–Crippen LogP) is 8.00. The van der Waals surface area contributed by atoms with Gasteiger partial charge in [0.2, 0.25) is 30.1 Å². The van der Waals surface area contributed by atoms with Crippen molar-refractivity contribution in [3.8, 4) is 0 Å². The number of nitrogens with zero attached hydrogens (tertiary/aromatic N) is 7. The van der Waals surface area contributed by atoms with E-state index in [0.29, 0.717) is 58.5 Å². The second kappa shape index (κ2) is 46.5. The van der Waals surface area contributed by atoms with Crippen molar-refractivity contribution in [1.82, 2.24) is 64.4 Å². The molecule has 31 heteroatoms.